The van der Waals surface area contributed by atoms with E-state index in [4.69, 9.17) is 11.6 Å². The predicted molar refractivity (Wildman–Crippen MR) is 75.9 cm³/mol. The summed E-state index contributed by atoms with van der Waals surface area (Å²) in [5, 5.41) is 4.11. The number of hydrogen-bond donors (Lipinski definition) is 1. The predicted octanol–water partition coefficient (Wildman–Crippen LogP) is 2.34. The molecule has 1 unspecified atom stereocenters. The van der Waals surface area contributed by atoms with E-state index in [-0.39, 0.29) is 5.91 Å². The minimum absolute atomic E-state index is 0.154. The Bertz CT molecular complexity index is 376. The van der Waals surface area contributed by atoms with Crippen LogP contribution in [0.2, 0.25) is 5.02 Å². The number of halogens is 1. The molecular weight excluding hydrogens is 248 g/mol. The molecule has 4 heteroatoms. The maximum atomic E-state index is 11.4. The van der Waals surface area contributed by atoms with E-state index in [9.17, 15) is 4.79 Å². The molecule has 1 atom stereocenters. The Hall–Kier alpha value is -1.06. The van der Waals surface area contributed by atoms with Crippen LogP contribution in [0, 0.1) is 0 Å². The largest absolute Gasteiger partial charge is 0.349 e. The van der Waals surface area contributed by atoms with Crippen molar-refractivity contribution in [1.29, 1.82) is 0 Å². The zero-order valence-corrected chi connectivity index (χ0v) is 12.0. The molecule has 18 heavy (non-hydrogen) atoms. The molecule has 0 saturated heterocycles. The van der Waals surface area contributed by atoms with E-state index in [2.05, 4.69) is 12.2 Å². The molecule has 0 saturated carbocycles. The first-order valence-corrected chi connectivity index (χ1v) is 6.55. The van der Waals surface area contributed by atoms with Gasteiger partial charge in [-0.2, -0.15) is 0 Å². The molecule has 1 rings (SSSR count). The highest BCUT2D eigenvalue weighted by atomic mass is 35.5. The molecule has 0 spiro atoms. The second-order valence-corrected chi connectivity index (χ2v) is 5.16. The molecule has 0 aromatic heterocycles. The standard InChI is InChI=1S/C14H21ClN2O/c1-11(16-9-8-14(18)17(2)3)10-12-4-6-13(15)7-5-12/h4-7,11,16H,8-10H2,1-3H3. The Balaban J connectivity index is 2.27. The minimum atomic E-state index is 0.154. The molecule has 1 aromatic rings. The first kappa shape index (κ1) is 15.0. The number of amides is 1. The fraction of sp³-hybridized carbons (Fsp3) is 0.500. The third kappa shape index (κ3) is 5.52. The van der Waals surface area contributed by atoms with Crippen molar-refractivity contribution in [3.05, 3.63) is 34.9 Å². The van der Waals surface area contributed by atoms with Gasteiger partial charge in [-0.05, 0) is 31.0 Å². The zero-order valence-electron chi connectivity index (χ0n) is 11.2. The Morgan fingerprint density at radius 3 is 2.50 bits per heavy atom. The lowest BCUT2D eigenvalue weighted by atomic mass is 10.1. The van der Waals surface area contributed by atoms with Gasteiger partial charge < -0.3 is 10.2 Å². The average molecular weight is 269 g/mol. The number of carbonyl (C=O) groups excluding carboxylic acids is 1. The highest BCUT2D eigenvalue weighted by molar-refractivity contribution is 6.30. The average Bonchev–Trinajstić information content (AvgIpc) is 2.32. The molecule has 0 radical (unpaired) electrons. The van der Waals surface area contributed by atoms with Gasteiger partial charge in [0.25, 0.3) is 0 Å². The van der Waals surface area contributed by atoms with E-state index in [1.54, 1.807) is 19.0 Å². The van der Waals surface area contributed by atoms with Gasteiger partial charge in [0.05, 0.1) is 0 Å². The molecule has 0 aliphatic rings. The van der Waals surface area contributed by atoms with Crippen molar-refractivity contribution in [1.82, 2.24) is 10.2 Å². The third-order valence-corrected chi connectivity index (χ3v) is 3.04. The molecule has 1 N–H and O–H groups in total. The number of carbonyl (C=O) groups is 1. The molecule has 1 aromatic carbocycles. The van der Waals surface area contributed by atoms with Crippen molar-refractivity contribution in [2.75, 3.05) is 20.6 Å². The molecule has 0 aliphatic heterocycles. The van der Waals surface area contributed by atoms with Crippen LogP contribution in [0.15, 0.2) is 24.3 Å². The summed E-state index contributed by atoms with van der Waals surface area (Å²) in [5.41, 5.74) is 1.25. The lowest BCUT2D eigenvalue weighted by Gasteiger charge is -2.15. The van der Waals surface area contributed by atoms with Crippen LogP contribution in [0.1, 0.15) is 18.9 Å². The number of benzene rings is 1. The smallest absolute Gasteiger partial charge is 0.223 e. The number of rotatable bonds is 6. The highest BCUT2D eigenvalue weighted by Gasteiger charge is 2.06. The molecule has 1 amide bonds. The van der Waals surface area contributed by atoms with E-state index < -0.39 is 0 Å². The second-order valence-electron chi connectivity index (χ2n) is 4.72. The van der Waals surface area contributed by atoms with Crippen LogP contribution in [0.25, 0.3) is 0 Å². The van der Waals surface area contributed by atoms with Gasteiger partial charge in [-0.15, -0.1) is 0 Å². The summed E-state index contributed by atoms with van der Waals surface area (Å²) in [4.78, 5) is 13.0. The summed E-state index contributed by atoms with van der Waals surface area (Å²) in [7, 11) is 3.55. The SMILES string of the molecule is CC(Cc1ccc(Cl)cc1)NCCC(=O)N(C)C. The quantitative estimate of drug-likeness (QED) is 0.859. The number of nitrogens with one attached hydrogen (secondary N) is 1. The summed E-state index contributed by atoms with van der Waals surface area (Å²) >= 11 is 5.84. The summed E-state index contributed by atoms with van der Waals surface area (Å²) in [6, 6.07) is 8.22. The molecule has 0 fully saturated rings. The first-order chi connectivity index (χ1) is 8.49. The van der Waals surface area contributed by atoms with E-state index in [0.717, 1.165) is 11.4 Å². The topological polar surface area (TPSA) is 32.3 Å². The van der Waals surface area contributed by atoms with E-state index in [1.807, 2.05) is 24.3 Å². The summed E-state index contributed by atoms with van der Waals surface area (Å²) in [5.74, 6) is 0.154. The van der Waals surface area contributed by atoms with E-state index in [1.165, 1.54) is 5.56 Å². The van der Waals surface area contributed by atoms with Crippen LogP contribution < -0.4 is 5.32 Å². The fourth-order valence-electron chi connectivity index (χ4n) is 1.70. The van der Waals surface area contributed by atoms with Gasteiger partial charge in [0.1, 0.15) is 0 Å². The second kappa shape index (κ2) is 7.39. The van der Waals surface area contributed by atoms with Crippen molar-refractivity contribution in [2.45, 2.75) is 25.8 Å². The lowest BCUT2D eigenvalue weighted by molar-refractivity contribution is -0.128. The lowest BCUT2D eigenvalue weighted by Crippen LogP contribution is -2.32. The van der Waals surface area contributed by atoms with Crippen molar-refractivity contribution in [3.8, 4) is 0 Å². The monoisotopic (exact) mass is 268 g/mol. The van der Waals surface area contributed by atoms with Crippen molar-refractivity contribution < 1.29 is 4.79 Å². The van der Waals surface area contributed by atoms with Crippen LogP contribution >= 0.6 is 11.6 Å². The minimum Gasteiger partial charge on any atom is -0.349 e. The molecule has 100 valence electrons. The van der Waals surface area contributed by atoms with Crippen molar-refractivity contribution >= 4 is 17.5 Å². The Morgan fingerprint density at radius 2 is 1.94 bits per heavy atom. The Labute approximate surface area is 114 Å². The number of nitrogens with zero attached hydrogens (tertiary/aromatic N) is 1. The molecular formula is C14H21ClN2O. The maximum Gasteiger partial charge on any atom is 0.223 e. The molecule has 0 heterocycles. The Morgan fingerprint density at radius 1 is 1.33 bits per heavy atom. The maximum absolute atomic E-state index is 11.4. The van der Waals surface area contributed by atoms with Crippen molar-refractivity contribution in [3.63, 3.8) is 0 Å². The van der Waals surface area contributed by atoms with E-state index in [0.29, 0.717) is 19.0 Å². The van der Waals surface area contributed by atoms with Gasteiger partial charge >= 0.3 is 0 Å². The summed E-state index contributed by atoms with van der Waals surface area (Å²) < 4.78 is 0. The van der Waals surface area contributed by atoms with Crippen LogP contribution in [0.5, 0.6) is 0 Å². The molecule has 0 aliphatic carbocycles. The van der Waals surface area contributed by atoms with Crippen molar-refractivity contribution in [2.24, 2.45) is 0 Å². The van der Waals surface area contributed by atoms with Gasteiger partial charge in [0.15, 0.2) is 0 Å². The first-order valence-electron chi connectivity index (χ1n) is 6.17. The van der Waals surface area contributed by atoms with Gasteiger partial charge in [0, 0.05) is 38.1 Å². The zero-order chi connectivity index (χ0) is 13.5. The highest BCUT2D eigenvalue weighted by Crippen LogP contribution is 2.10. The van der Waals surface area contributed by atoms with E-state index >= 15 is 0 Å². The summed E-state index contributed by atoms with van der Waals surface area (Å²) in [6.07, 6.45) is 1.48. The third-order valence-electron chi connectivity index (χ3n) is 2.79. The molecule has 0 bridgehead atoms. The Kier molecular flexibility index (Phi) is 6.16. The molecule has 3 nitrogen and oxygen atoms in total. The normalized spacial score (nSPS) is 12.2. The van der Waals surface area contributed by atoms with Crippen LogP contribution in [-0.2, 0) is 11.2 Å². The van der Waals surface area contributed by atoms with Crippen LogP contribution in [0.4, 0.5) is 0 Å². The van der Waals surface area contributed by atoms with Gasteiger partial charge in [-0.25, -0.2) is 0 Å². The van der Waals surface area contributed by atoms with Gasteiger partial charge in [-0.1, -0.05) is 23.7 Å². The van der Waals surface area contributed by atoms with Crippen LogP contribution in [0.3, 0.4) is 0 Å². The number of hydrogen-bond acceptors (Lipinski definition) is 2. The van der Waals surface area contributed by atoms with Gasteiger partial charge in [0.2, 0.25) is 5.91 Å². The van der Waals surface area contributed by atoms with Crippen LogP contribution in [-0.4, -0.2) is 37.5 Å². The summed E-state index contributed by atoms with van der Waals surface area (Å²) in [6.45, 7) is 2.83. The van der Waals surface area contributed by atoms with Gasteiger partial charge in [-0.3, -0.25) is 4.79 Å². The fourth-order valence-corrected chi connectivity index (χ4v) is 1.82.